The summed E-state index contributed by atoms with van der Waals surface area (Å²) in [5, 5.41) is 22.8. The molecule has 4 heteroatoms. The summed E-state index contributed by atoms with van der Waals surface area (Å²) in [6, 6.07) is 34.5. The standard InChI is InChI=1S/C29H27NO2.Cu/c1-22-12-11-15-24(28(22)31)21-30-27(20-23-13-5-2-6-14-23)29(32,25-16-7-3-8-17-25)26-18-9-4-10-19-26;/h2-19,21,27,31-32H,20H2,1H3;/t27-;/m0./s1. The summed E-state index contributed by atoms with van der Waals surface area (Å²) in [7, 11) is 0. The number of benzene rings is 4. The van der Waals surface area contributed by atoms with Gasteiger partial charge < -0.3 is 10.2 Å². The molecule has 1 atom stereocenters. The van der Waals surface area contributed by atoms with E-state index in [0.29, 0.717) is 12.0 Å². The van der Waals surface area contributed by atoms with Gasteiger partial charge in [-0.1, -0.05) is 103 Å². The smallest absolute Gasteiger partial charge is 0.137 e. The van der Waals surface area contributed by atoms with E-state index in [1.54, 1.807) is 6.21 Å². The molecule has 33 heavy (non-hydrogen) atoms. The Morgan fingerprint density at radius 3 is 1.82 bits per heavy atom. The van der Waals surface area contributed by atoms with Crippen LogP contribution in [0.5, 0.6) is 5.75 Å². The zero-order chi connectivity index (χ0) is 22.4. The molecule has 0 aliphatic rings. The van der Waals surface area contributed by atoms with Crippen LogP contribution in [-0.2, 0) is 29.1 Å². The van der Waals surface area contributed by atoms with E-state index in [0.717, 1.165) is 22.3 Å². The average molecular weight is 485 g/mol. The Hall–Kier alpha value is -3.17. The second-order valence-corrected chi connectivity index (χ2v) is 7.99. The van der Waals surface area contributed by atoms with Crippen molar-refractivity contribution in [3.05, 3.63) is 137 Å². The van der Waals surface area contributed by atoms with Crippen LogP contribution in [0.25, 0.3) is 0 Å². The van der Waals surface area contributed by atoms with Crippen molar-refractivity contribution in [2.45, 2.75) is 25.0 Å². The number of phenolic OH excluding ortho intramolecular Hbond substituents is 1. The second kappa shape index (κ2) is 11.1. The van der Waals surface area contributed by atoms with Crippen LogP contribution in [0, 0.1) is 6.92 Å². The SMILES string of the molecule is Cc1cccc(C=N[C@@H](Cc2ccccc2)C(O)(c2ccccc2)c2ccccc2)c1O.[Cu]. The maximum atomic E-state index is 12.3. The Bertz CT molecular complexity index is 1140. The van der Waals surface area contributed by atoms with Crippen molar-refractivity contribution < 1.29 is 27.3 Å². The topological polar surface area (TPSA) is 52.8 Å². The molecule has 0 spiro atoms. The van der Waals surface area contributed by atoms with Crippen molar-refractivity contribution in [1.82, 2.24) is 0 Å². The first kappa shape index (κ1) is 24.5. The summed E-state index contributed by atoms with van der Waals surface area (Å²) >= 11 is 0. The number of phenols is 1. The molecule has 1 radical (unpaired) electrons. The van der Waals surface area contributed by atoms with Gasteiger partial charge in [-0.2, -0.15) is 0 Å². The third-order valence-electron chi connectivity index (χ3n) is 5.84. The molecule has 4 aromatic rings. The molecule has 4 rings (SSSR count). The summed E-state index contributed by atoms with van der Waals surface area (Å²) in [6.45, 7) is 1.86. The molecule has 2 N–H and O–H groups in total. The van der Waals surface area contributed by atoms with Gasteiger partial charge in [0.1, 0.15) is 11.4 Å². The molecular weight excluding hydrogens is 458 g/mol. The fourth-order valence-electron chi connectivity index (χ4n) is 4.04. The Balaban J connectivity index is 0.00000306. The van der Waals surface area contributed by atoms with Crippen LogP contribution in [0.15, 0.2) is 114 Å². The number of rotatable bonds is 7. The zero-order valence-corrected chi connectivity index (χ0v) is 19.3. The van der Waals surface area contributed by atoms with Gasteiger partial charge in [0.15, 0.2) is 0 Å². The maximum Gasteiger partial charge on any atom is 0.137 e. The largest absolute Gasteiger partial charge is 0.507 e. The molecule has 0 amide bonds. The predicted molar refractivity (Wildman–Crippen MR) is 130 cm³/mol. The van der Waals surface area contributed by atoms with Crippen LogP contribution in [0.3, 0.4) is 0 Å². The monoisotopic (exact) mass is 484 g/mol. The first-order valence-corrected chi connectivity index (χ1v) is 10.8. The summed E-state index contributed by atoms with van der Waals surface area (Å²) in [5.74, 6) is 0.206. The van der Waals surface area contributed by atoms with Crippen LogP contribution < -0.4 is 0 Å². The number of nitrogens with zero attached hydrogens (tertiary/aromatic N) is 1. The molecule has 0 aliphatic carbocycles. The average Bonchev–Trinajstić information content (AvgIpc) is 2.85. The van der Waals surface area contributed by atoms with E-state index in [-0.39, 0.29) is 22.8 Å². The Morgan fingerprint density at radius 2 is 1.27 bits per heavy atom. The molecule has 0 saturated heterocycles. The van der Waals surface area contributed by atoms with Crippen LogP contribution in [0.4, 0.5) is 0 Å². The van der Waals surface area contributed by atoms with Crippen LogP contribution >= 0.6 is 0 Å². The predicted octanol–water partition coefficient (Wildman–Crippen LogP) is 5.66. The van der Waals surface area contributed by atoms with E-state index in [4.69, 9.17) is 4.99 Å². The van der Waals surface area contributed by atoms with Gasteiger partial charge in [0.2, 0.25) is 0 Å². The van der Waals surface area contributed by atoms with Crippen LogP contribution in [0.1, 0.15) is 27.8 Å². The Morgan fingerprint density at radius 1 is 0.758 bits per heavy atom. The second-order valence-electron chi connectivity index (χ2n) is 7.99. The summed E-state index contributed by atoms with van der Waals surface area (Å²) in [5.41, 5.74) is 2.69. The van der Waals surface area contributed by atoms with Crippen molar-refractivity contribution in [1.29, 1.82) is 0 Å². The summed E-state index contributed by atoms with van der Waals surface area (Å²) < 4.78 is 0. The van der Waals surface area contributed by atoms with E-state index in [9.17, 15) is 10.2 Å². The van der Waals surface area contributed by atoms with Gasteiger partial charge in [0.25, 0.3) is 0 Å². The van der Waals surface area contributed by atoms with Crippen molar-refractivity contribution in [2.24, 2.45) is 4.99 Å². The number of aryl methyl sites for hydroxylation is 1. The fraction of sp³-hybridized carbons (Fsp3) is 0.138. The molecule has 0 bridgehead atoms. The molecule has 0 unspecified atom stereocenters. The molecule has 0 fully saturated rings. The van der Waals surface area contributed by atoms with Crippen molar-refractivity contribution >= 4 is 6.21 Å². The van der Waals surface area contributed by atoms with Crippen molar-refractivity contribution in [2.75, 3.05) is 0 Å². The van der Waals surface area contributed by atoms with E-state index >= 15 is 0 Å². The van der Waals surface area contributed by atoms with Gasteiger partial charge in [0.05, 0.1) is 6.04 Å². The van der Waals surface area contributed by atoms with Crippen molar-refractivity contribution in [3.8, 4) is 5.75 Å². The van der Waals surface area contributed by atoms with E-state index < -0.39 is 11.6 Å². The number of aliphatic imine (C=N–C) groups is 1. The number of hydrogen-bond donors (Lipinski definition) is 2. The Labute approximate surface area is 206 Å². The molecule has 171 valence electrons. The fourth-order valence-corrected chi connectivity index (χ4v) is 4.04. The zero-order valence-electron chi connectivity index (χ0n) is 18.4. The van der Waals surface area contributed by atoms with E-state index in [2.05, 4.69) is 0 Å². The number of para-hydroxylation sites is 1. The van der Waals surface area contributed by atoms with Gasteiger partial charge >= 0.3 is 0 Å². The molecule has 0 saturated carbocycles. The molecule has 3 nitrogen and oxygen atoms in total. The maximum absolute atomic E-state index is 12.3. The minimum absolute atomic E-state index is 0. The third kappa shape index (κ3) is 5.43. The van der Waals surface area contributed by atoms with Gasteiger partial charge in [-0.15, -0.1) is 0 Å². The normalized spacial score (nSPS) is 12.3. The molecule has 0 aliphatic heterocycles. The molecule has 4 aromatic carbocycles. The van der Waals surface area contributed by atoms with E-state index in [1.165, 1.54) is 0 Å². The summed E-state index contributed by atoms with van der Waals surface area (Å²) in [6.07, 6.45) is 2.21. The van der Waals surface area contributed by atoms with Gasteiger partial charge in [0, 0.05) is 28.8 Å². The quantitative estimate of drug-likeness (QED) is 0.262. The van der Waals surface area contributed by atoms with Crippen LogP contribution in [-0.4, -0.2) is 22.5 Å². The van der Waals surface area contributed by atoms with Gasteiger partial charge in [-0.3, -0.25) is 4.99 Å². The Kier molecular flexibility index (Phi) is 8.24. The number of aliphatic hydroxyl groups is 1. The van der Waals surface area contributed by atoms with E-state index in [1.807, 2.05) is 116 Å². The van der Waals surface area contributed by atoms with Crippen molar-refractivity contribution in [3.63, 3.8) is 0 Å². The summed E-state index contributed by atoms with van der Waals surface area (Å²) in [4.78, 5) is 4.88. The molecular formula is C29H27CuNO2. The third-order valence-corrected chi connectivity index (χ3v) is 5.84. The van der Waals surface area contributed by atoms with Gasteiger partial charge in [-0.05, 0) is 41.7 Å². The minimum atomic E-state index is -1.35. The number of hydrogen-bond acceptors (Lipinski definition) is 3. The first-order chi connectivity index (χ1) is 15.6. The minimum Gasteiger partial charge on any atom is -0.507 e. The van der Waals surface area contributed by atoms with Crippen LogP contribution in [0.2, 0.25) is 0 Å². The molecule has 0 aromatic heterocycles. The van der Waals surface area contributed by atoms with Gasteiger partial charge in [-0.25, -0.2) is 0 Å². The first-order valence-electron chi connectivity index (χ1n) is 10.8. The number of aromatic hydroxyl groups is 1. The molecule has 0 heterocycles.